The lowest BCUT2D eigenvalue weighted by Gasteiger charge is -2.11. The van der Waals surface area contributed by atoms with Crippen molar-refractivity contribution in [2.75, 3.05) is 11.8 Å². The molecule has 6 nitrogen and oxygen atoms in total. The number of rotatable bonds is 5. The minimum Gasteiger partial charge on any atom is -0.495 e. The van der Waals surface area contributed by atoms with Crippen LogP contribution in [0, 0.1) is 0 Å². The van der Waals surface area contributed by atoms with Gasteiger partial charge in [-0.25, -0.2) is 13.2 Å². The van der Waals surface area contributed by atoms with Crippen molar-refractivity contribution < 1.29 is 23.1 Å². The van der Waals surface area contributed by atoms with Crippen LogP contribution in [-0.4, -0.2) is 26.6 Å². The maximum absolute atomic E-state index is 12.4. The van der Waals surface area contributed by atoms with E-state index in [2.05, 4.69) is 20.7 Å². The second kappa shape index (κ2) is 6.77. The highest BCUT2D eigenvalue weighted by Gasteiger charge is 2.19. The molecule has 0 amide bonds. The van der Waals surface area contributed by atoms with Crippen LogP contribution in [-0.2, 0) is 10.0 Å². The van der Waals surface area contributed by atoms with Gasteiger partial charge in [0.15, 0.2) is 0 Å². The van der Waals surface area contributed by atoms with Gasteiger partial charge in [-0.15, -0.1) is 0 Å². The molecular formula is C14H11BrClNO5S. The zero-order valence-electron chi connectivity index (χ0n) is 11.7. The normalized spacial score (nSPS) is 11.1. The van der Waals surface area contributed by atoms with Crippen LogP contribution >= 0.6 is 27.5 Å². The number of aromatic carboxylic acids is 1. The highest BCUT2D eigenvalue weighted by atomic mass is 79.9. The monoisotopic (exact) mass is 419 g/mol. The van der Waals surface area contributed by atoms with Gasteiger partial charge in [0.1, 0.15) is 5.75 Å². The molecule has 0 bridgehead atoms. The molecule has 0 aliphatic rings. The minimum atomic E-state index is -3.96. The Morgan fingerprint density at radius 3 is 2.52 bits per heavy atom. The van der Waals surface area contributed by atoms with Crippen molar-refractivity contribution in [2.24, 2.45) is 0 Å². The molecule has 2 rings (SSSR count). The molecule has 0 aliphatic carbocycles. The molecule has 0 saturated heterocycles. The second-order valence-electron chi connectivity index (χ2n) is 4.40. The highest BCUT2D eigenvalue weighted by Crippen LogP contribution is 2.29. The van der Waals surface area contributed by atoms with Gasteiger partial charge in [-0.05, 0) is 52.3 Å². The van der Waals surface area contributed by atoms with Gasteiger partial charge in [0, 0.05) is 4.47 Å². The fourth-order valence-electron chi connectivity index (χ4n) is 1.78. The Morgan fingerprint density at radius 1 is 1.26 bits per heavy atom. The molecule has 23 heavy (non-hydrogen) atoms. The number of halogens is 2. The third-order valence-electron chi connectivity index (χ3n) is 2.88. The average molecular weight is 421 g/mol. The third-order valence-corrected chi connectivity index (χ3v) is 5.25. The van der Waals surface area contributed by atoms with E-state index in [0.717, 1.165) is 6.07 Å². The first-order chi connectivity index (χ1) is 10.7. The Bertz CT molecular complexity index is 869. The van der Waals surface area contributed by atoms with E-state index < -0.39 is 16.0 Å². The maximum atomic E-state index is 12.4. The Balaban J connectivity index is 2.37. The number of methoxy groups -OCH3 is 1. The highest BCUT2D eigenvalue weighted by molar-refractivity contribution is 9.10. The Labute approximate surface area is 146 Å². The van der Waals surface area contributed by atoms with Crippen LogP contribution in [0.25, 0.3) is 0 Å². The first-order valence-electron chi connectivity index (χ1n) is 6.14. The van der Waals surface area contributed by atoms with Crippen molar-refractivity contribution >= 4 is 49.2 Å². The zero-order valence-corrected chi connectivity index (χ0v) is 14.9. The van der Waals surface area contributed by atoms with Crippen molar-refractivity contribution in [1.29, 1.82) is 0 Å². The van der Waals surface area contributed by atoms with Gasteiger partial charge < -0.3 is 9.84 Å². The number of benzene rings is 2. The Hall–Kier alpha value is -1.77. The molecular weight excluding hydrogens is 410 g/mol. The van der Waals surface area contributed by atoms with E-state index in [4.69, 9.17) is 21.4 Å². The van der Waals surface area contributed by atoms with Crippen LogP contribution in [0.1, 0.15) is 10.4 Å². The van der Waals surface area contributed by atoms with Gasteiger partial charge in [-0.3, -0.25) is 4.72 Å². The van der Waals surface area contributed by atoms with Crippen LogP contribution < -0.4 is 9.46 Å². The molecule has 122 valence electrons. The van der Waals surface area contributed by atoms with Gasteiger partial charge in [0.05, 0.1) is 28.3 Å². The van der Waals surface area contributed by atoms with Crippen LogP contribution in [0.3, 0.4) is 0 Å². The molecule has 0 fully saturated rings. The molecule has 0 heterocycles. The van der Waals surface area contributed by atoms with Crippen molar-refractivity contribution in [3.8, 4) is 5.75 Å². The number of anilines is 1. The number of carboxylic acid groups (broad SMARTS) is 1. The minimum absolute atomic E-state index is 0.152. The molecule has 2 N–H and O–H groups in total. The molecule has 9 heteroatoms. The summed E-state index contributed by atoms with van der Waals surface area (Å²) in [6.45, 7) is 0. The van der Waals surface area contributed by atoms with Crippen LogP contribution in [0.15, 0.2) is 45.8 Å². The Morgan fingerprint density at radius 2 is 1.96 bits per heavy atom. The molecule has 0 spiro atoms. The summed E-state index contributed by atoms with van der Waals surface area (Å²) in [6, 6.07) is 8.13. The predicted octanol–water partition coefficient (Wildman–Crippen LogP) is 3.61. The second-order valence-corrected chi connectivity index (χ2v) is 7.35. The first-order valence-corrected chi connectivity index (χ1v) is 8.79. The zero-order chi connectivity index (χ0) is 17.2. The smallest absolute Gasteiger partial charge is 0.336 e. The number of sulfonamides is 1. The predicted molar refractivity (Wildman–Crippen MR) is 89.9 cm³/mol. The SMILES string of the molecule is COc1ccc(NS(=O)(=O)c2ccc(Br)c(C(=O)O)c2)cc1Cl. The van der Waals surface area contributed by atoms with E-state index >= 15 is 0 Å². The van der Waals surface area contributed by atoms with Crippen LogP contribution in [0.2, 0.25) is 5.02 Å². The first kappa shape index (κ1) is 17.6. The fourth-order valence-corrected chi connectivity index (χ4v) is 3.53. The van der Waals surface area contributed by atoms with Gasteiger partial charge in [0.25, 0.3) is 10.0 Å². The quantitative estimate of drug-likeness (QED) is 0.771. The van der Waals surface area contributed by atoms with E-state index in [-0.39, 0.29) is 25.6 Å². The lowest BCUT2D eigenvalue weighted by molar-refractivity contribution is 0.0695. The number of ether oxygens (including phenoxy) is 1. The fraction of sp³-hybridized carbons (Fsp3) is 0.0714. The van der Waals surface area contributed by atoms with Crippen molar-refractivity contribution in [3.63, 3.8) is 0 Å². The van der Waals surface area contributed by atoms with Crippen molar-refractivity contribution in [3.05, 3.63) is 51.5 Å². The van der Waals surface area contributed by atoms with Gasteiger partial charge >= 0.3 is 5.97 Å². The maximum Gasteiger partial charge on any atom is 0.336 e. The number of carbonyl (C=O) groups is 1. The number of nitrogens with one attached hydrogen (secondary N) is 1. The molecule has 2 aromatic rings. The number of hydrogen-bond acceptors (Lipinski definition) is 4. The largest absolute Gasteiger partial charge is 0.495 e. The molecule has 0 aliphatic heterocycles. The van der Waals surface area contributed by atoms with Gasteiger partial charge in [-0.1, -0.05) is 11.6 Å². The summed E-state index contributed by atoms with van der Waals surface area (Å²) in [6.07, 6.45) is 0. The topological polar surface area (TPSA) is 92.7 Å². The molecule has 0 saturated carbocycles. The average Bonchev–Trinajstić information content (AvgIpc) is 2.47. The summed E-state index contributed by atoms with van der Waals surface area (Å²) in [7, 11) is -2.51. The van der Waals surface area contributed by atoms with Crippen LogP contribution in [0.4, 0.5) is 5.69 Å². The van der Waals surface area contributed by atoms with E-state index in [9.17, 15) is 13.2 Å². The van der Waals surface area contributed by atoms with Gasteiger partial charge in [0.2, 0.25) is 0 Å². The molecule has 2 aromatic carbocycles. The van der Waals surface area contributed by atoms with Gasteiger partial charge in [-0.2, -0.15) is 0 Å². The van der Waals surface area contributed by atoms with Crippen LogP contribution in [0.5, 0.6) is 5.75 Å². The summed E-state index contributed by atoms with van der Waals surface area (Å²) in [4.78, 5) is 10.9. The van der Waals surface area contributed by atoms with E-state index in [1.807, 2.05) is 0 Å². The Kier molecular flexibility index (Phi) is 5.18. The summed E-state index contributed by atoms with van der Waals surface area (Å²) < 4.78 is 32.3. The lowest BCUT2D eigenvalue weighted by atomic mass is 10.2. The molecule has 0 unspecified atom stereocenters. The summed E-state index contributed by atoms with van der Waals surface area (Å²) in [5.74, 6) is -0.826. The standard InChI is InChI=1S/C14H11BrClNO5S/c1-22-13-5-2-8(6-12(13)16)17-23(20,21)9-3-4-11(15)10(7-9)14(18)19/h2-7,17H,1H3,(H,18,19). The lowest BCUT2D eigenvalue weighted by Crippen LogP contribution is -2.14. The molecule has 0 atom stereocenters. The van der Waals surface area contributed by atoms with E-state index in [0.29, 0.717) is 5.75 Å². The number of carboxylic acids is 1. The molecule has 0 aromatic heterocycles. The van der Waals surface area contributed by atoms with E-state index in [1.165, 1.54) is 37.4 Å². The summed E-state index contributed by atoms with van der Waals surface area (Å²) >= 11 is 9.01. The summed E-state index contributed by atoms with van der Waals surface area (Å²) in [5, 5.41) is 9.31. The number of hydrogen-bond donors (Lipinski definition) is 2. The van der Waals surface area contributed by atoms with Crippen molar-refractivity contribution in [2.45, 2.75) is 4.90 Å². The van der Waals surface area contributed by atoms with Crippen molar-refractivity contribution in [1.82, 2.24) is 0 Å². The summed E-state index contributed by atoms with van der Waals surface area (Å²) in [5.41, 5.74) is 0.0798. The molecule has 0 radical (unpaired) electrons. The van der Waals surface area contributed by atoms with E-state index in [1.54, 1.807) is 0 Å². The third kappa shape index (κ3) is 3.95.